The molecule has 0 bridgehead atoms. The van der Waals surface area contributed by atoms with Crippen LogP contribution in [0.2, 0.25) is 0 Å². The van der Waals surface area contributed by atoms with Crippen LogP contribution in [-0.2, 0) is 4.74 Å². The molecule has 1 aliphatic carbocycles. The van der Waals surface area contributed by atoms with Gasteiger partial charge in [-0.3, -0.25) is 0 Å². The molecule has 0 heterocycles. The summed E-state index contributed by atoms with van der Waals surface area (Å²) in [5, 5.41) is 0. The summed E-state index contributed by atoms with van der Waals surface area (Å²) >= 11 is 0. The molecular formula is C17H35NO. The van der Waals surface area contributed by atoms with Crippen LogP contribution in [0, 0.1) is 11.3 Å². The van der Waals surface area contributed by atoms with Gasteiger partial charge in [0.05, 0.1) is 5.60 Å². The van der Waals surface area contributed by atoms with Crippen LogP contribution < -0.4 is 5.73 Å². The van der Waals surface area contributed by atoms with Crippen molar-refractivity contribution < 1.29 is 4.74 Å². The number of ether oxygens (including phenoxy) is 1. The molecule has 1 rings (SSSR count). The highest BCUT2D eigenvalue weighted by molar-refractivity contribution is 4.98. The fourth-order valence-corrected chi connectivity index (χ4v) is 3.52. The third-order valence-corrected chi connectivity index (χ3v) is 5.00. The number of rotatable bonds is 7. The van der Waals surface area contributed by atoms with E-state index in [-0.39, 0.29) is 11.6 Å². The molecule has 2 heteroatoms. The maximum atomic E-state index is 6.56. The molecule has 1 saturated carbocycles. The first-order chi connectivity index (χ1) is 8.85. The van der Waals surface area contributed by atoms with Crippen molar-refractivity contribution in [2.75, 3.05) is 6.61 Å². The first-order valence-corrected chi connectivity index (χ1v) is 8.25. The summed E-state index contributed by atoms with van der Waals surface area (Å²) in [4.78, 5) is 0. The van der Waals surface area contributed by atoms with Crippen LogP contribution >= 0.6 is 0 Å². The molecule has 0 aromatic carbocycles. The lowest BCUT2D eigenvalue weighted by molar-refractivity contribution is -0.102. The van der Waals surface area contributed by atoms with Gasteiger partial charge < -0.3 is 10.5 Å². The van der Waals surface area contributed by atoms with Gasteiger partial charge in [-0.15, -0.1) is 0 Å². The Labute approximate surface area is 120 Å². The van der Waals surface area contributed by atoms with Crippen molar-refractivity contribution in [1.29, 1.82) is 0 Å². The van der Waals surface area contributed by atoms with E-state index in [1.165, 1.54) is 25.7 Å². The summed E-state index contributed by atoms with van der Waals surface area (Å²) in [7, 11) is 0. The van der Waals surface area contributed by atoms with Gasteiger partial charge in [-0.05, 0) is 50.4 Å². The quantitative estimate of drug-likeness (QED) is 0.737. The molecule has 2 nitrogen and oxygen atoms in total. The first-order valence-electron chi connectivity index (χ1n) is 8.25. The van der Waals surface area contributed by atoms with Crippen molar-refractivity contribution in [2.24, 2.45) is 17.1 Å². The van der Waals surface area contributed by atoms with E-state index in [1.807, 2.05) is 0 Å². The molecule has 2 atom stereocenters. The zero-order chi connectivity index (χ0) is 14.5. The zero-order valence-electron chi connectivity index (χ0n) is 13.8. The molecule has 0 aliphatic heterocycles. The summed E-state index contributed by atoms with van der Waals surface area (Å²) in [5.41, 5.74) is 6.98. The molecular weight excluding hydrogens is 234 g/mol. The highest BCUT2D eigenvalue weighted by Crippen LogP contribution is 2.44. The van der Waals surface area contributed by atoms with Gasteiger partial charge in [-0.2, -0.15) is 0 Å². The van der Waals surface area contributed by atoms with E-state index < -0.39 is 0 Å². The van der Waals surface area contributed by atoms with E-state index in [4.69, 9.17) is 10.5 Å². The molecule has 1 aliphatic rings. The van der Waals surface area contributed by atoms with Crippen molar-refractivity contribution in [3.8, 4) is 0 Å². The van der Waals surface area contributed by atoms with Gasteiger partial charge in [0, 0.05) is 12.6 Å². The minimum Gasteiger partial charge on any atom is -0.374 e. The van der Waals surface area contributed by atoms with Crippen LogP contribution in [0.25, 0.3) is 0 Å². The number of nitrogens with two attached hydrogens (primary N) is 1. The molecule has 1 fully saturated rings. The van der Waals surface area contributed by atoms with E-state index in [0.717, 1.165) is 25.9 Å². The van der Waals surface area contributed by atoms with Crippen molar-refractivity contribution in [3.63, 3.8) is 0 Å². The fourth-order valence-electron chi connectivity index (χ4n) is 3.52. The van der Waals surface area contributed by atoms with Crippen LogP contribution in [-0.4, -0.2) is 18.2 Å². The predicted octanol–water partition coefficient (Wildman–Crippen LogP) is 4.52. The topological polar surface area (TPSA) is 35.2 Å². The SMILES string of the molecule is CCCC(C)CC(N)C1(OCC)CCC(C)(C)CC1. The summed E-state index contributed by atoms with van der Waals surface area (Å²) in [6.07, 6.45) is 8.38. The first kappa shape index (κ1) is 17.0. The summed E-state index contributed by atoms with van der Waals surface area (Å²) < 4.78 is 6.18. The Hall–Kier alpha value is -0.0800. The summed E-state index contributed by atoms with van der Waals surface area (Å²) in [6, 6.07) is 0.199. The average Bonchev–Trinajstić information content (AvgIpc) is 2.32. The zero-order valence-corrected chi connectivity index (χ0v) is 13.8. The Kier molecular flexibility index (Phi) is 6.32. The van der Waals surface area contributed by atoms with E-state index >= 15 is 0 Å². The Balaban J connectivity index is 2.65. The molecule has 2 unspecified atom stereocenters. The highest BCUT2D eigenvalue weighted by Gasteiger charge is 2.43. The lowest BCUT2D eigenvalue weighted by Gasteiger charge is -2.47. The Morgan fingerprint density at radius 2 is 1.68 bits per heavy atom. The van der Waals surface area contributed by atoms with Crippen LogP contribution in [0.3, 0.4) is 0 Å². The Morgan fingerprint density at radius 1 is 1.11 bits per heavy atom. The second kappa shape index (κ2) is 7.08. The molecule has 0 aromatic heterocycles. The fraction of sp³-hybridized carbons (Fsp3) is 1.00. The van der Waals surface area contributed by atoms with Crippen LogP contribution in [0.1, 0.15) is 79.6 Å². The van der Waals surface area contributed by atoms with Crippen molar-refractivity contribution >= 4 is 0 Å². The van der Waals surface area contributed by atoms with Gasteiger partial charge in [0.25, 0.3) is 0 Å². The van der Waals surface area contributed by atoms with Gasteiger partial charge in [-0.1, -0.05) is 40.5 Å². The lowest BCUT2D eigenvalue weighted by Crippen LogP contribution is -2.53. The van der Waals surface area contributed by atoms with Crippen LogP contribution in [0.5, 0.6) is 0 Å². The molecule has 0 saturated heterocycles. The molecule has 0 radical (unpaired) electrons. The molecule has 2 N–H and O–H groups in total. The van der Waals surface area contributed by atoms with Gasteiger partial charge >= 0.3 is 0 Å². The molecule has 0 aromatic rings. The third-order valence-electron chi connectivity index (χ3n) is 5.00. The second-order valence-electron chi connectivity index (χ2n) is 7.40. The van der Waals surface area contributed by atoms with E-state index in [9.17, 15) is 0 Å². The molecule has 114 valence electrons. The van der Waals surface area contributed by atoms with Gasteiger partial charge in [-0.25, -0.2) is 0 Å². The van der Waals surface area contributed by atoms with Crippen molar-refractivity contribution in [1.82, 2.24) is 0 Å². The number of hydrogen-bond donors (Lipinski definition) is 1. The largest absolute Gasteiger partial charge is 0.374 e. The number of hydrogen-bond acceptors (Lipinski definition) is 2. The summed E-state index contributed by atoms with van der Waals surface area (Å²) in [5.74, 6) is 0.715. The predicted molar refractivity (Wildman–Crippen MR) is 83.3 cm³/mol. The van der Waals surface area contributed by atoms with Crippen molar-refractivity contribution in [2.45, 2.75) is 91.2 Å². The van der Waals surface area contributed by atoms with E-state index in [2.05, 4.69) is 34.6 Å². The monoisotopic (exact) mass is 269 g/mol. The smallest absolute Gasteiger partial charge is 0.0832 e. The van der Waals surface area contributed by atoms with Crippen molar-refractivity contribution in [3.05, 3.63) is 0 Å². The van der Waals surface area contributed by atoms with Gasteiger partial charge in [0.2, 0.25) is 0 Å². The Bertz CT molecular complexity index is 252. The minimum atomic E-state index is -0.0493. The van der Waals surface area contributed by atoms with E-state index in [1.54, 1.807) is 0 Å². The molecule has 0 amide bonds. The normalized spacial score (nSPS) is 24.9. The van der Waals surface area contributed by atoms with Crippen LogP contribution in [0.4, 0.5) is 0 Å². The van der Waals surface area contributed by atoms with Gasteiger partial charge in [0.15, 0.2) is 0 Å². The molecule has 0 spiro atoms. The standard InChI is InChI=1S/C17H35NO/c1-6-8-14(3)13-15(18)17(19-7-2)11-9-16(4,5)10-12-17/h14-15H,6-13,18H2,1-5H3. The van der Waals surface area contributed by atoms with E-state index in [0.29, 0.717) is 11.3 Å². The second-order valence-corrected chi connectivity index (χ2v) is 7.40. The molecule has 19 heavy (non-hydrogen) atoms. The maximum absolute atomic E-state index is 6.56. The summed E-state index contributed by atoms with van der Waals surface area (Å²) in [6.45, 7) is 12.2. The lowest BCUT2D eigenvalue weighted by atomic mass is 9.67. The van der Waals surface area contributed by atoms with Crippen LogP contribution in [0.15, 0.2) is 0 Å². The highest BCUT2D eigenvalue weighted by atomic mass is 16.5. The maximum Gasteiger partial charge on any atom is 0.0832 e. The Morgan fingerprint density at radius 3 is 2.16 bits per heavy atom. The van der Waals surface area contributed by atoms with Gasteiger partial charge in [0.1, 0.15) is 0 Å². The average molecular weight is 269 g/mol. The minimum absolute atomic E-state index is 0.0493. The third kappa shape index (κ3) is 4.75.